The summed E-state index contributed by atoms with van der Waals surface area (Å²) in [6.07, 6.45) is 5.35. The third-order valence-electron chi connectivity index (χ3n) is 4.64. The Bertz CT molecular complexity index is 499. The van der Waals surface area contributed by atoms with Crippen LogP contribution in [0.5, 0.6) is 0 Å². The normalized spacial score (nSPS) is 26.5. The molecule has 0 aromatic carbocycles. The average molecular weight is 363 g/mol. The number of nitrogens with one attached hydrogen (secondary N) is 1. The van der Waals surface area contributed by atoms with Crippen molar-refractivity contribution in [2.45, 2.75) is 63.7 Å². The first-order valence-electron chi connectivity index (χ1n) is 8.71. The van der Waals surface area contributed by atoms with Crippen molar-refractivity contribution in [2.75, 3.05) is 26.2 Å². The Hall–Kier alpha value is -0.740. The summed E-state index contributed by atoms with van der Waals surface area (Å²) in [4.78, 5) is 11.7. The van der Waals surface area contributed by atoms with Crippen molar-refractivity contribution in [3.8, 4) is 0 Å². The van der Waals surface area contributed by atoms with Crippen LogP contribution in [-0.4, -0.2) is 63.2 Å². The fourth-order valence-corrected chi connectivity index (χ4v) is 4.35. The SMILES string of the molecule is CCOC(=O)CN(C1CCC(OC2CCNCC2)CC1)S(N)(=O)=O. The van der Waals surface area contributed by atoms with E-state index in [1.165, 1.54) is 0 Å². The van der Waals surface area contributed by atoms with Crippen LogP contribution in [0.4, 0.5) is 0 Å². The van der Waals surface area contributed by atoms with Gasteiger partial charge in [-0.2, -0.15) is 12.7 Å². The zero-order chi connectivity index (χ0) is 17.6. The second-order valence-corrected chi connectivity index (χ2v) is 7.91. The molecule has 1 saturated carbocycles. The molecule has 3 N–H and O–H groups in total. The van der Waals surface area contributed by atoms with Gasteiger partial charge in [-0.15, -0.1) is 0 Å². The van der Waals surface area contributed by atoms with Gasteiger partial charge in [0.1, 0.15) is 6.54 Å². The number of nitrogens with zero attached hydrogens (tertiary/aromatic N) is 1. The summed E-state index contributed by atoms with van der Waals surface area (Å²) < 4.78 is 35.7. The molecule has 0 spiro atoms. The Morgan fingerprint density at radius 1 is 1.12 bits per heavy atom. The molecule has 1 aliphatic carbocycles. The third-order valence-corrected chi connectivity index (χ3v) is 5.72. The number of piperidine rings is 1. The Kier molecular flexibility index (Phi) is 7.42. The van der Waals surface area contributed by atoms with Gasteiger partial charge in [-0.1, -0.05) is 0 Å². The molecule has 9 heteroatoms. The number of ether oxygens (including phenoxy) is 2. The lowest BCUT2D eigenvalue weighted by molar-refractivity contribution is -0.143. The first kappa shape index (κ1) is 19.6. The summed E-state index contributed by atoms with van der Waals surface area (Å²) in [6.45, 7) is 3.55. The highest BCUT2D eigenvalue weighted by Crippen LogP contribution is 2.28. The van der Waals surface area contributed by atoms with Crippen LogP contribution in [0.1, 0.15) is 45.4 Å². The van der Waals surface area contributed by atoms with E-state index in [0.29, 0.717) is 18.9 Å². The van der Waals surface area contributed by atoms with E-state index in [0.717, 1.165) is 43.1 Å². The lowest BCUT2D eigenvalue weighted by atomic mass is 9.92. The molecule has 2 rings (SSSR count). The quantitative estimate of drug-likeness (QED) is 0.622. The topological polar surface area (TPSA) is 111 Å². The minimum absolute atomic E-state index is 0.161. The van der Waals surface area contributed by atoms with Gasteiger partial charge in [0.15, 0.2) is 0 Å². The van der Waals surface area contributed by atoms with Crippen molar-refractivity contribution in [3.63, 3.8) is 0 Å². The monoisotopic (exact) mass is 363 g/mol. The third kappa shape index (κ3) is 5.96. The standard InChI is InChI=1S/C15H29N3O5S/c1-2-22-15(19)11-18(24(16,20)21)12-3-5-13(6-4-12)23-14-7-9-17-10-8-14/h12-14,17H,2-11H2,1H3,(H2,16,20,21). The largest absolute Gasteiger partial charge is 0.465 e. The van der Waals surface area contributed by atoms with Crippen molar-refractivity contribution in [2.24, 2.45) is 5.14 Å². The van der Waals surface area contributed by atoms with Crippen LogP contribution in [0.2, 0.25) is 0 Å². The zero-order valence-electron chi connectivity index (χ0n) is 14.3. The van der Waals surface area contributed by atoms with Crippen molar-refractivity contribution in [3.05, 3.63) is 0 Å². The number of carbonyl (C=O) groups excluding carboxylic acids is 1. The average Bonchev–Trinajstić information content (AvgIpc) is 2.54. The van der Waals surface area contributed by atoms with Crippen LogP contribution in [0.15, 0.2) is 0 Å². The van der Waals surface area contributed by atoms with E-state index < -0.39 is 16.2 Å². The van der Waals surface area contributed by atoms with E-state index >= 15 is 0 Å². The van der Waals surface area contributed by atoms with Gasteiger partial charge < -0.3 is 14.8 Å². The molecule has 2 fully saturated rings. The highest BCUT2D eigenvalue weighted by Gasteiger charge is 2.34. The van der Waals surface area contributed by atoms with E-state index in [1.807, 2.05) is 0 Å². The molecular formula is C15H29N3O5S. The number of hydrogen-bond acceptors (Lipinski definition) is 6. The Morgan fingerprint density at radius 2 is 1.71 bits per heavy atom. The molecule has 8 nitrogen and oxygen atoms in total. The minimum atomic E-state index is -3.94. The predicted molar refractivity (Wildman–Crippen MR) is 89.5 cm³/mol. The fourth-order valence-electron chi connectivity index (χ4n) is 3.43. The summed E-state index contributed by atoms with van der Waals surface area (Å²) in [7, 11) is -3.94. The Labute approximate surface area is 144 Å². The lowest BCUT2D eigenvalue weighted by Gasteiger charge is -2.36. The van der Waals surface area contributed by atoms with Crippen molar-refractivity contribution in [1.82, 2.24) is 9.62 Å². The molecule has 0 aromatic rings. The summed E-state index contributed by atoms with van der Waals surface area (Å²) in [6, 6.07) is -0.266. The highest BCUT2D eigenvalue weighted by molar-refractivity contribution is 7.86. The molecule has 0 amide bonds. The van der Waals surface area contributed by atoms with E-state index in [9.17, 15) is 13.2 Å². The summed E-state index contributed by atoms with van der Waals surface area (Å²) in [5, 5.41) is 8.60. The molecule has 0 bridgehead atoms. The van der Waals surface area contributed by atoms with E-state index in [4.69, 9.17) is 14.6 Å². The van der Waals surface area contributed by atoms with E-state index in [2.05, 4.69) is 5.32 Å². The second kappa shape index (κ2) is 9.10. The summed E-state index contributed by atoms with van der Waals surface area (Å²) >= 11 is 0. The fraction of sp³-hybridized carbons (Fsp3) is 0.933. The molecule has 1 saturated heterocycles. The Balaban J connectivity index is 1.86. The van der Waals surface area contributed by atoms with Gasteiger partial charge in [0.25, 0.3) is 10.2 Å². The van der Waals surface area contributed by atoms with Crippen LogP contribution >= 0.6 is 0 Å². The molecule has 0 radical (unpaired) electrons. The predicted octanol–water partition coefficient (Wildman–Crippen LogP) is 0.135. The van der Waals surface area contributed by atoms with Crippen LogP contribution in [0.25, 0.3) is 0 Å². The number of esters is 1. The zero-order valence-corrected chi connectivity index (χ0v) is 15.1. The smallest absolute Gasteiger partial charge is 0.321 e. The van der Waals surface area contributed by atoms with Gasteiger partial charge in [0.2, 0.25) is 0 Å². The van der Waals surface area contributed by atoms with Gasteiger partial charge in [-0.3, -0.25) is 4.79 Å². The highest BCUT2D eigenvalue weighted by atomic mass is 32.2. The van der Waals surface area contributed by atoms with Gasteiger partial charge in [0.05, 0.1) is 18.8 Å². The van der Waals surface area contributed by atoms with Crippen LogP contribution in [0, 0.1) is 0 Å². The molecule has 0 atom stereocenters. The summed E-state index contributed by atoms with van der Waals surface area (Å²) in [5.41, 5.74) is 0. The lowest BCUT2D eigenvalue weighted by Crippen LogP contribution is -2.49. The van der Waals surface area contributed by atoms with Crippen molar-refractivity contribution < 1.29 is 22.7 Å². The van der Waals surface area contributed by atoms with Gasteiger partial charge in [0, 0.05) is 6.04 Å². The van der Waals surface area contributed by atoms with Gasteiger partial charge in [-0.25, -0.2) is 5.14 Å². The molecule has 1 heterocycles. The van der Waals surface area contributed by atoms with Crippen LogP contribution in [0.3, 0.4) is 0 Å². The Morgan fingerprint density at radius 3 is 2.25 bits per heavy atom. The van der Waals surface area contributed by atoms with Crippen LogP contribution in [-0.2, 0) is 24.5 Å². The first-order valence-corrected chi connectivity index (χ1v) is 10.2. The van der Waals surface area contributed by atoms with Crippen molar-refractivity contribution >= 4 is 16.2 Å². The number of carbonyl (C=O) groups is 1. The maximum absolute atomic E-state index is 11.8. The maximum Gasteiger partial charge on any atom is 0.321 e. The van der Waals surface area contributed by atoms with Gasteiger partial charge >= 0.3 is 5.97 Å². The molecule has 2 aliphatic rings. The molecular weight excluding hydrogens is 334 g/mol. The summed E-state index contributed by atoms with van der Waals surface area (Å²) in [5.74, 6) is -0.570. The van der Waals surface area contributed by atoms with Gasteiger partial charge in [-0.05, 0) is 58.5 Å². The first-order chi connectivity index (χ1) is 11.4. The van der Waals surface area contributed by atoms with E-state index in [-0.39, 0.29) is 25.3 Å². The number of nitrogens with two attached hydrogens (primary N) is 1. The second-order valence-electron chi connectivity index (χ2n) is 6.41. The maximum atomic E-state index is 11.8. The molecule has 0 aromatic heterocycles. The van der Waals surface area contributed by atoms with Crippen molar-refractivity contribution in [1.29, 1.82) is 0 Å². The number of hydrogen-bond donors (Lipinski definition) is 2. The number of rotatable bonds is 7. The van der Waals surface area contributed by atoms with E-state index in [1.54, 1.807) is 6.92 Å². The molecule has 140 valence electrons. The molecule has 1 aliphatic heterocycles. The van der Waals surface area contributed by atoms with Crippen LogP contribution < -0.4 is 10.5 Å². The molecule has 0 unspecified atom stereocenters. The minimum Gasteiger partial charge on any atom is -0.465 e. The molecule has 24 heavy (non-hydrogen) atoms.